The zero-order chi connectivity index (χ0) is 11.8. The molecule has 0 saturated heterocycles. The third kappa shape index (κ3) is 2.27. The normalized spacial score (nSPS) is 29.6. The summed E-state index contributed by atoms with van der Waals surface area (Å²) in [6, 6.07) is 6.19. The first-order chi connectivity index (χ1) is 7.50. The first kappa shape index (κ1) is 11.6. The highest BCUT2D eigenvalue weighted by atomic mass is 19.1. The Morgan fingerprint density at radius 3 is 2.50 bits per heavy atom. The Bertz CT molecular complexity index is 368. The van der Waals surface area contributed by atoms with Gasteiger partial charge in [0, 0.05) is 12.5 Å². The van der Waals surface area contributed by atoms with Crippen molar-refractivity contribution < 1.29 is 4.39 Å². The van der Waals surface area contributed by atoms with Gasteiger partial charge in [0.15, 0.2) is 0 Å². The molecular weight excluding hydrogens is 201 g/mol. The lowest BCUT2D eigenvalue weighted by Crippen LogP contribution is -2.26. The molecular formula is C14H20FN. The lowest BCUT2D eigenvalue weighted by atomic mass is 9.89. The molecule has 1 aromatic carbocycles. The molecule has 88 valence electrons. The molecule has 2 heteroatoms. The topological polar surface area (TPSA) is 26.0 Å². The fourth-order valence-corrected chi connectivity index (χ4v) is 2.72. The molecule has 0 aromatic heterocycles. The maximum Gasteiger partial charge on any atom is 0.116 e. The molecule has 1 nitrogen and oxygen atoms in total. The van der Waals surface area contributed by atoms with Gasteiger partial charge in [-0.3, -0.25) is 0 Å². The molecule has 1 saturated carbocycles. The minimum Gasteiger partial charge on any atom is -0.328 e. The van der Waals surface area contributed by atoms with E-state index in [0.29, 0.717) is 19.3 Å². The van der Waals surface area contributed by atoms with Crippen molar-refractivity contribution >= 4 is 0 Å². The van der Waals surface area contributed by atoms with E-state index < -0.39 is 5.67 Å². The molecule has 0 aliphatic heterocycles. The van der Waals surface area contributed by atoms with Gasteiger partial charge in [0.2, 0.25) is 0 Å². The Balaban J connectivity index is 2.21. The van der Waals surface area contributed by atoms with Crippen molar-refractivity contribution in [1.82, 2.24) is 0 Å². The van der Waals surface area contributed by atoms with Crippen LogP contribution in [0.5, 0.6) is 0 Å². The van der Waals surface area contributed by atoms with Gasteiger partial charge in [-0.25, -0.2) is 4.39 Å². The third-order valence-electron chi connectivity index (χ3n) is 3.73. The van der Waals surface area contributed by atoms with Crippen LogP contribution in [-0.2, 0) is 6.42 Å². The Kier molecular flexibility index (Phi) is 3.02. The van der Waals surface area contributed by atoms with Gasteiger partial charge >= 0.3 is 0 Å². The van der Waals surface area contributed by atoms with Crippen molar-refractivity contribution in [3.63, 3.8) is 0 Å². The average molecular weight is 221 g/mol. The predicted octanol–water partition coefficient (Wildman–Crippen LogP) is 3.07. The second kappa shape index (κ2) is 4.17. The lowest BCUT2D eigenvalue weighted by molar-refractivity contribution is 0.170. The minimum absolute atomic E-state index is 0.0503. The molecule has 1 aliphatic carbocycles. The van der Waals surface area contributed by atoms with Crippen molar-refractivity contribution in [3.05, 3.63) is 34.9 Å². The number of hydrogen-bond acceptors (Lipinski definition) is 1. The first-order valence-corrected chi connectivity index (χ1v) is 6.00. The van der Waals surface area contributed by atoms with E-state index in [2.05, 4.69) is 26.0 Å². The molecule has 2 unspecified atom stereocenters. The number of benzene rings is 1. The molecule has 0 spiro atoms. The molecule has 0 amide bonds. The molecule has 2 N–H and O–H groups in total. The molecule has 1 aromatic rings. The van der Waals surface area contributed by atoms with Crippen LogP contribution in [-0.4, -0.2) is 11.7 Å². The summed E-state index contributed by atoms with van der Waals surface area (Å²) in [6.07, 6.45) is 2.48. The van der Waals surface area contributed by atoms with Crippen LogP contribution in [0.25, 0.3) is 0 Å². The van der Waals surface area contributed by atoms with Gasteiger partial charge in [-0.15, -0.1) is 0 Å². The minimum atomic E-state index is -1.07. The fourth-order valence-electron chi connectivity index (χ4n) is 2.72. The molecule has 0 heterocycles. The summed E-state index contributed by atoms with van der Waals surface area (Å²) in [5.41, 5.74) is 8.28. The van der Waals surface area contributed by atoms with Crippen LogP contribution in [0, 0.1) is 13.8 Å². The van der Waals surface area contributed by atoms with E-state index >= 15 is 0 Å². The summed E-state index contributed by atoms with van der Waals surface area (Å²) >= 11 is 0. The third-order valence-corrected chi connectivity index (χ3v) is 3.73. The first-order valence-electron chi connectivity index (χ1n) is 6.00. The molecule has 16 heavy (non-hydrogen) atoms. The van der Waals surface area contributed by atoms with Crippen LogP contribution < -0.4 is 5.73 Å². The monoisotopic (exact) mass is 221 g/mol. The van der Waals surface area contributed by atoms with Crippen LogP contribution in [0.4, 0.5) is 4.39 Å². The Hall–Kier alpha value is -0.890. The van der Waals surface area contributed by atoms with E-state index in [1.54, 1.807) is 0 Å². The Morgan fingerprint density at radius 1 is 1.38 bits per heavy atom. The van der Waals surface area contributed by atoms with Crippen LogP contribution in [0.2, 0.25) is 0 Å². The Morgan fingerprint density at radius 2 is 2.00 bits per heavy atom. The molecule has 0 bridgehead atoms. The van der Waals surface area contributed by atoms with Gasteiger partial charge in [0.05, 0.1) is 0 Å². The van der Waals surface area contributed by atoms with Gasteiger partial charge in [0.25, 0.3) is 0 Å². The van der Waals surface area contributed by atoms with E-state index in [0.717, 1.165) is 6.42 Å². The van der Waals surface area contributed by atoms with Gasteiger partial charge < -0.3 is 5.73 Å². The summed E-state index contributed by atoms with van der Waals surface area (Å²) < 4.78 is 14.5. The Labute approximate surface area is 96.9 Å². The van der Waals surface area contributed by atoms with E-state index in [-0.39, 0.29) is 6.04 Å². The number of alkyl halides is 1. The molecule has 1 fully saturated rings. The summed E-state index contributed by atoms with van der Waals surface area (Å²) in [7, 11) is 0. The summed E-state index contributed by atoms with van der Waals surface area (Å²) in [5, 5.41) is 0. The van der Waals surface area contributed by atoms with Gasteiger partial charge in [0.1, 0.15) is 5.67 Å². The summed E-state index contributed by atoms with van der Waals surface area (Å²) in [4.78, 5) is 0. The van der Waals surface area contributed by atoms with Gasteiger partial charge in [-0.1, -0.05) is 18.2 Å². The van der Waals surface area contributed by atoms with Crippen LogP contribution in [0.3, 0.4) is 0 Å². The second-order valence-corrected chi connectivity index (χ2v) is 5.20. The highest BCUT2D eigenvalue weighted by Gasteiger charge is 2.38. The van der Waals surface area contributed by atoms with E-state index in [9.17, 15) is 4.39 Å². The quantitative estimate of drug-likeness (QED) is 0.816. The van der Waals surface area contributed by atoms with Crippen LogP contribution in [0.1, 0.15) is 36.0 Å². The van der Waals surface area contributed by atoms with Crippen molar-refractivity contribution in [2.75, 3.05) is 0 Å². The largest absolute Gasteiger partial charge is 0.328 e. The van der Waals surface area contributed by atoms with Crippen molar-refractivity contribution in [2.45, 2.75) is 51.2 Å². The summed E-state index contributed by atoms with van der Waals surface area (Å²) in [5.74, 6) is 0. The standard InChI is InChI=1S/C14H20FN/c1-10-4-3-5-11(2)13(10)9-14(15)7-6-12(16)8-14/h3-5,12H,6-9,16H2,1-2H3. The molecule has 2 atom stereocenters. The van der Waals surface area contributed by atoms with E-state index in [4.69, 9.17) is 5.73 Å². The van der Waals surface area contributed by atoms with Crippen molar-refractivity contribution in [1.29, 1.82) is 0 Å². The fraction of sp³-hybridized carbons (Fsp3) is 0.571. The van der Waals surface area contributed by atoms with E-state index in [1.165, 1.54) is 16.7 Å². The maximum atomic E-state index is 14.5. The maximum absolute atomic E-state index is 14.5. The molecule has 2 rings (SSSR count). The van der Waals surface area contributed by atoms with E-state index in [1.807, 2.05) is 6.07 Å². The number of aryl methyl sites for hydroxylation is 2. The smallest absolute Gasteiger partial charge is 0.116 e. The van der Waals surface area contributed by atoms with Crippen LogP contribution in [0.15, 0.2) is 18.2 Å². The van der Waals surface area contributed by atoms with Crippen molar-refractivity contribution in [3.8, 4) is 0 Å². The number of halogens is 1. The highest BCUT2D eigenvalue weighted by molar-refractivity contribution is 5.35. The predicted molar refractivity (Wildman–Crippen MR) is 65.3 cm³/mol. The zero-order valence-corrected chi connectivity index (χ0v) is 10.1. The summed E-state index contributed by atoms with van der Waals surface area (Å²) in [6.45, 7) is 4.11. The second-order valence-electron chi connectivity index (χ2n) is 5.20. The molecule has 1 aliphatic rings. The lowest BCUT2D eigenvalue weighted by Gasteiger charge is -2.21. The van der Waals surface area contributed by atoms with Gasteiger partial charge in [-0.2, -0.15) is 0 Å². The SMILES string of the molecule is Cc1cccc(C)c1CC1(F)CCC(N)C1. The molecule has 0 radical (unpaired) electrons. The zero-order valence-electron chi connectivity index (χ0n) is 10.1. The van der Waals surface area contributed by atoms with Gasteiger partial charge in [-0.05, 0) is 49.8 Å². The van der Waals surface area contributed by atoms with Crippen molar-refractivity contribution in [2.24, 2.45) is 5.73 Å². The highest BCUT2D eigenvalue weighted by Crippen LogP contribution is 2.37. The van der Waals surface area contributed by atoms with Crippen LogP contribution >= 0.6 is 0 Å². The number of rotatable bonds is 2. The average Bonchev–Trinajstić information content (AvgIpc) is 2.53. The number of hydrogen-bond donors (Lipinski definition) is 1. The number of nitrogens with two attached hydrogens (primary N) is 1.